The van der Waals surface area contributed by atoms with Crippen molar-refractivity contribution in [1.82, 2.24) is 9.97 Å². The lowest BCUT2D eigenvalue weighted by Gasteiger charge is -2.05. The topological polar surface area (TPSA) is 35.0 Å². The van der Waals surface area contributed by atoms with Gasteiger partial charge in [-0.15, -0.1) is 11.6 Å². The molecule has 0 saturated carbocycles. The zero-order valence-corrected chi connectivity index (χ0v) is 10.4. The van der Waals surface area contributed by atoms with Crippen molar-refractivity contribution in [2.24, 2.45) is 0 Å². The van der Waals surface area contributed by atoms with E-state index in [2.05, 4.69) is 9.97 Å². The Morgan fingerprint density at radius 3 is 2.71 bits per heavy atom. The molecule has 0 radical (unpaired) electrons. The average Bonchev–Trinajstić information content (AvgIpc) is 2.37. The van der Waals surface area contributed by atoms with Gasteiger partial charge in [-0.3, -0.25) is 4.98 Å². The average molecular weight is 269 g/mol. The highest BCUT2D eigenvalue weighted by Gasteiger charge is 1.99. The minimum Gasteiger partial charge on any atom is -0.472 e. The van der Waals surface area contributed by atoms with E-state index >= 15 is 0 Å². The molecule has 17 heavy (non-hydrogen) atoms. The van der Waals surface area contributed by atoms with Crippen molar-refractivity contribution in [3.63, 3.8) is 0 Å². The maximum atomic E-state index is 5.87. The first-order chi connectivity index (χ1) is 8.28. The third-order valence-electron chi connectivity index (χ3n) is 2.09. The number of nitrogens with zero attached hydrogens (tertiary/aromatic N) is 2. The molecule has 0 fully saturated rings. The lowest BCUT2D eigenvalue weighted by Crippen LogP contribution is -1.98. The lowest BCUT2D eigenvalue weighted by molar-refractivity contribution is 0.292. The summed E-state index contributed by atoms with van der Waals surface area (Å²) in [5.74, 6) is 0.820. The van der Waals surface area contributed by atoms with Crippen LogP contribution in [0.25, 0.3) is 0 Å². The van der Waals surface area contributed by atoms with E-state index in [0.717, 1.165) is 11.3 Å². The highest BCUT2D eigenvalue weighted by atomic mass is 35.5. The summed E-state index contributed by atoms with van der Waals surface area (Å²) in [6.45, 7) is 0.412. The van der Waals surface area contributed by atoms with Crippen LogP contribution in [0.5, 0.6) is 5.88 Å². The van der Waals surface area contributed by atoms with Gasteiger partial charge in [-0.1, -0.05) is 23.7 Å². The van der Waals surface area contributed by atoms with Crippen LogP contribution >= 0.6 is 23.2 Å². The van der Waals surface area contributed by atoms with Crippen LogP contribution in [-0.4, -0.2) is 9.97 Å². The van der Waals surface area contributed by atoms with Gasteiger partial charge >= 0.3 is 0 Å². The van der Waals surface area contributed by atoms with E-state index in [4.69, 9.17) is 27.9 Å². The number of hydrogen-bond acceptors (Lipinski definition) is 3. The van der Waals surface area contributed by atoms with Gasteiger partial charge in [-0.2, -0.15) is 0 Å². The molecule has 3 nitrogen and oxygen atoms in total. The van der Waals surface area contributed by atoms with Gasteiger partial charge in [0.05, 0.1) is 24.0 Å². The number of aromatic nitrogens is 2. The van der Waals surface area contributed by atoms with Gasteiger partial charge in [0, 0.05) is 5.02 Å². The second kappa shape index (κ2) is 5.84. The monoisotopic (exact) mass is 268 g/mol. The Kier molecular flexibility index (Phi) is 4.18. The van der Waals surface area contributed by atoms with E-state index < -0.39 is 0 Å². The molecule has 0 aliphatic heterocycles. The smallest absolute Gasteiger partial charge is 0.232 e. The van der Waals surface area contributed by atoms with E-state index in [1.54, 1.807) is 12.4 Å². The summed E-state index contributed by atoms with van der Waals surface area (Å²) >= 11 is 11.5. The van der Waals surface area contributed by atoms with Gasteiger partial charge in [0.1, 0.15) is 6.61 Å². The molecular weight excluding hydrogens is 259 g/mol. The van der Waals surface area contributed by atoms with Gasteiger partial charge in [-0.25, -0.2) is 4.98 Å². The molecule has 0 saturated heterocycles. The fraction of sp³-hybridized carbons (Fsp3) is 0.167. The molecule has 0 atom stereocenters. The minimum absolute atomic E-state index is 0.349. The molecule has 2 rings (SSSR count). The third-order valence-corrected chi connectivity index (χ3v) is 2.60. The van der Waals surface area contributed by atoms with Crippen molar-refractivity contribution in [3.05, 3.63) is 52.9 Å². The van der Waals surface area contributed by atoms with Crippen molar-refractivity contribution in [3.8, 4) is 5.88 Å². The number of halogens is 2. The second-order valence-electron chi connectivity index (χ2n) is 3.40. The fourth-order valence-electron chi connectivity index (χ4n) is 1.27. The van der Waals surface area contributed by atoms with Crippen molar-refractivity contribution in [1.29, 1.82) is 0 Å². The number of hydrogen-bond donors (Lipinski definition) is 0. The molecule has 0 aliphatic carbocycles. The van der Waals surface area contributed by atoms with Gasteiger partial charge in [0.25, 0.3) is 0 Å². The summed E-state index contributed by atoms with van der Waals surface area (Å²) in [4.78, 5) is 8.17. The van der Waals surface area contributed by atoms with E-state index in [1.807, 2.05) is 24.3 Å². The minimum atomic E-state index is 0.349. The second-order valence-corrected chi connectivity index (χ2v) is 4.10. The van der Waals surface area contributed by atoms with Gasteiger partial charge < -0.3 is 4.74 Å². The van der Waals surface area contributed by atoms with Crippen molar-refractivity contribution >= 4 is 23.2 Å². The maximum Gasteiger partial charge on any atom is 0.232 e. The van der Waals surface area contributed by atoms with Crippen molar-refractivity contribution in [2.75, 3.05) is 0 Å². The Balaban J connectivity index is 1.97. The van der Waals surface area contributed by atoms with E-state index in [0.29, 0.717) is 23.4 Å². The summed E-state index contributed by atoms with van der Waals surface area (Å²) in [7, 11) is 0. The number of benzene rings is 1. The Hall–Kier alpha value is -1.32. The maximum absolute atomic E-state index is 5.87. The molecule has 1 aromatic heterocycles. The van der Waals surface area contributed by atoms with Gasteiger partial charge in [0.15, 0.2) is 0 Å². The fourth-order valence-corrected chi connectivity index (χ4v) is 1.62. The summed E-state index contributed by atoms with van der Waals surface area (Å²) in [5.41, 5.74) is 1.71. The number of ether oxygens (including phenoxy) is 1. The molecule has 0 bridgehead atoms. The van der Waals surface area contributed by atoms with E-state index in [9.17, 15) is 0 Å². The number of rotatable bonds is 4. The SMILES string of the molecule is ClCc1cnc(OCc2cccc(Cl)c2)cn1. The zero-order chi connectivity index (χ0) is 12.1. The van der Waals surface area contributed by atoms with Gasteiger partial charge in [0.2, 0.25) is 5.88 Å². The third kappa shape index (κ3) is 3.58. The normalized spacial score (nSPS) is 10.2. The highest BCUT2D eigenvalue weighted by Crippen LogP contribution is 2.13. The van der Waals surface area contributed by atoms with Crippen LogP contribution in [0.15, 0.2) is 36.7 Å². The molecule has 88 valence electrons. The summed E-state index contributed by atoms with van der Waals surface area (Å²) in [6.07, 6.45) is 3.16. The Bertz CT molecular complexity index is 488. The molecule has 1 aromatic carbocycles. The quantitative estimate of drug-likeness (QED) is 0.797. The van der Waals surface area contributed by atoms with E-state index in [-0.39, 0.29) is 0 Å². The molecule has 0 unspecified atom stereocenters. The first-order valence-corrected chi connectivity index (χ1v) is 5.93. The molecule has 0 aliphatic rings. The van der Waals surface area contributed by atoms with Crippen LogP contribution in [0.4, 0.5) is 0 Å². The van der Waals surface area contributed by atoms with Crippen LogP contribution in [0.3, 0.4) is 0 Å². The standard InChI is InChI=1S/C12H10Cl2N2O/c13-5-11-6-16-12(7-15-11)17-8-9-2-1-3-10(14)4-9/h1-4,6-7H,5,8H2. The molecule has 5 heteroatoms. The molecular formula is C12H10Cl2N2O. The molecule has 1 heterocycles. The zero-order valence-electron chi connectivity index (χ0n) is 8.94. The van der Waals surface area contributed by atoms with Crippen LogP contribution < -0.4 is 4.74 Å². The predicted molar refractivity (Wildman–Crippen MR) is 67.4 cm³/mol. The molecule has 2 aromatic rings. The van der Waals surface area contributed by atoms with Gasteiger partial charge in [-0.05, 0) is 17.7 Å². The molecule has 0 amide bonds. The molecule has 0 spiro atoms. The van der Waals surface area contributed by atoms with Crippen LogP contribution in [0.2, 0.25) is 5.02 Å². The van der Waals surface area contributed by atoms with Crippen molar-refractivity contribution < 1.29 is 4.74 Å². The van der Waals surface area contributed by atoms with Crippen molar-refractivity contribution in [2.45, 2.75) is 12.5 Å². The largest absolute Gasteiger partial charge is 0.472 e. The first-order valence-electron chi connectivity index (χ1n) is 5.02. The highest BCUT2D eigenvalue weighted by molar-refractivity contribution is 6.30. The Labute approximate surface area is 109 Å². The molecule has 0 N–H and O–H groups in total. The van der Waals surface area contributed by atoms with E-state index in [1.165, 1.54) is 0 Å². The Morgan fingerprint density at radius 1 is 1.18 bits per heavy atom. The Morgan fingerprint density at radius 2 is 2.06 bits per heavy atom. The lowest BCUT2D eigenvalue weighted by atomic mass is 10.2. The summed E-state index contributed by atoms with van der Waals surface area (Å²) in [6, 6.07) is 7.48. The van der Waals surface area contributed by atoms with Crippen LogP contribution in [0.1, 0.15) is 11.3 Å². The first kappa shape index (κ1) is 12.1. The number of alkyl halides is 1. The summed E-state index contributed by atoms with van der Waals surface area (Å²) in [5, 5.41) is 0.690. The summed E-state index contributed by atoms with van der Waals surface area (Å²) < 4.78 is 5.47. The van der Waals surface area contributed by atoms with Crippen LogP contribution in [0, 0.1) is 0 Å². The van der Waals surface area contributed by atoms with Crippen LogP contribution in [-0.2, 0) is 12.5 Å². The predicted octanol–water partition coefficient (Wildman–Crippen LogP) is 3.45.